The van der Waals surface area contributed by atoms with Gasteiger partial charge in [0, 0.05) is 72.0 Å². The molecule has 0 amide bonds. The summed E-state index contributed by atoms with van der Waals surface area (Å²) in [6, 6.07) is 0.532. The lowest BCUT2D eigenvalue weighted by atomic mass is 10.0. The molecule has 0 aromatic heterocycles. The normalized spacial score (nSPS) is 21.9. The summed E-state index contributed by atoms with van der Waals surface area (Å²) < 4.78 is 5.54. The lowest BCUT2D eigenvalue weighted by molar-refractivity contribution is 0.0132. The average molecular weight is 539 g/mol. The fourth-order valence-electron chi connectivity index (χ4n) is 4.35. The number of hydrogen-bond donors (Lipinski definition) is 2. The van der Waals surface area contributed by atoms with Gasteiger partial charge in [-0.2, -0.15) is 0 Å². The van der Waals surface area contributed by atoms with Crippen LogP contribution in [0.3, 0.4) is 0 Å². The average Bonchev–Trinajstić information content (AvgIpc) is 2.74. The number of likely N-dealkylation sites (N-methyl/N-ethyl adjacent to an activating group) is 1. The molecule has 0 bridgehead atoms. The topological polar surface area (TPSA) is 55.4 Å². The van der Waals surface area contributed by atoms with Gasteiger partial charge in [-0.25, -0.2) is 0 Å². The number of nitrogens with zero attached hydrogens (tertiary/aromatic N) is 4. The van der Waals surface area contributed by atoms with Gasteiger partial charge in [0.25, 0.3) is 0 Å². The molecule has 2 aliphatic heterocycles. The Morgan fingerprint density at radius 2 is 1.53 bits per heavy atom. The quantitative estimate of drug-likeness (QED) is 0.252. The Morgan fingerprint density at radius 3 is 2.10 bits per heavy atom. The van der Waals surface area contributed by atoms with Gasteiger partial charge in [0.05, 0.1) is 13.2 Å². The number of aliphatic imine (C=N–C) groups is 1. The highest BCUT2D eigenvalue weighted by atomic mass is 127. The van der Waals surface area contributed by atoms with E-state index in [0.717, 1.165) is 51.9 Å². The van der Waals surface area contributed by atoms with Crippen molar-refractivity contribution >= 4 is 29.9 Å². The van der Waals surface area contributed by atoms with Crippen LogP contribution in [-0.4, -0.2) is 112 Å². The predicted molar refractivity (Wildman–Crippen MR) is 138 cm³/mol. The van der Waals surface area contributed by atoms with Crippen LogP contribution < -0.4 is 10.6 Å². The SMILES string of the molecule is CCN1CCN(CC(C)CNC(=NC)NCC(CC(C)C)N2CCOCC2)CC1.I. The standard InChI is InChI=1S/C22H46N6O.HI/c1-6-26-7-9-27(10-8-26)18-20(4)16-24-22(23-5)25-17-21(15-19(2)3)28-11-13-29-14-12-28;/h19-21H,6-18H2,1-5H3,(H2,23,24,25);1H. The van der Waals surface area contributed by atoms with E-state index in [0.29, 0.717) is 17.9 Å². The third kappa shape index (κ3) is 10.4. The molecule has 178 valence electrons. The van der Waals surface area contributed by atoms with Crippen LogP contribution in [0.1, 0.15) is 34.1 Å². The van der Waals surface area contributed by atoms with E-state index in [9.17, 15) is 0 Å². The van der Waals surface area contributed by atoms with Gasteiger partial charge < -0.3 is 25.2 Å². The smallest absolute Gasteiger partial charge is 0.191 e. The number of halogens is 1. The molecule has 8 heteroatoms. The highest BCUT2D eigenvalue weighted by Crippen LogP contribution is 2.13. The maximum absolute atomic E-state index is 5.54. The van der Waals surface area contributed by atoms with E-state index < -0.39 is 0 Å². The highest BCUT2D eigenvalue weighted by Gasteiger charge is 2.22. The fourth-order valence-corrected chi connectivity index (χ4v) is 4.35. The summed E-state index contributed by atoms with van der Waals surface area (Å²) in [4.78, 5) is 12.2. The first kappa shape index (κ1) is 27.9. The van der Waals surface area contributed by atoms with Crippen molar-refractivity contribution in [1.82, 2.24) is 25.3 Å². The molecule has 0 aromatic carbocycles. The molecule has 2 heterocycles. The largest absolute Gasteiger partial charge is 0.379 e. The summed E-state index contributed by atoms with van der Waals surface area (Å²) in [5, 5.41) is 7.13. The Morgan fingerprint density at radius 1 is 0.933 bits per heavy atom. The maximum Gasteiger partial charge on any atom is 0.191 e. The Bertz CT molecular complexity index is 465. The van der Waals surface area contributed by atoms with Gasteiger partial charge in [-0.15, -0.1) is 24.0 Å². The zero-order chi connectivity index (χ0) is 21.1. The number of hydrogen-bond acceptors (Lipinski definition) is 5. The van der Waals surface area contributed by atoms with E-state index in [4.69, 9.17) is 4.74 Å². The van der Waals surface area contributed by atoms with Crippen molar-refractivity contribution < 1.29 is 4.74 Å². The third-order valence-electron chi connectivity index (χ3n) is 6.13. The number of piperazine rings is 1. The molecule has 0 radical (unpaired) electrons. The van der Waals surface area contributed by atoms with Gasteiger partial charge in [-0.3, -0.25) is 9.89 Å². The van der Waals surface area contributed by atoms with Crippen molar-refractivity contribution in [3.63, 3.8) is 0 Å². The van der Waals surface area contributed by atoms with Crippen LogP contribution in [0.2, 0.25) is 0 Å². The number of rotatable bonds is 10. The van der Waals surface area contributed by atoms with Crippen molar-refractivity contribution in [1.29, 1.82) is 0 Å². The summed E-state index contributed by atoms with van der Waals surface area (Å²) in [5.41, 5.74) is 0. The molecular formula is C22H47IN6O. The van der Waals surface area contributed by atoms with Crippen LogP contribution in [0.5, 0.6) is 0 Å². The fraction of sp³-hybridized carbons (Fsp3) is 0.955. The van der Waals surface area contributed by atoms with Crippen LogP contribution in [0.15, 0.2) is 4.99 Å². The molecule has 2 saturated heterocycles. The van der Waals surface area contributed by atoms with Crippen LogP contribution in [0.25, 0.3) is 0 Å². The van der Waals surface area contributed by atoms with Crippen LogP contribution in [0.4, 0.5) is 0 Å². The molecule has 0 spiro atoms. The van der Waals surface area contributed by atoms with Gasteiger partial charge in [0.15, 0.2) is 5.96 Å². The lowest BCUT2D eigenvalue weighted by Gasteiger charge is -2.36. The van der Waals surface area contributed by atoms with E-state index in [-0.39, 0.29) is 24.0 Å². The molecular weight excluding hydrogens is 491 g/mol. The van der Waals surface area contributed by atoms with Crippen molar-refractivity contribution in [3.8, 4) is 0 Å². The minimum atomic E-state index is 0. The molecule has 2 atom stereocenters. The van der Waals surface area contributed by atoms with E-state index in [2.05, 4.69) is 58.0 Å². The Balaban J connectivity index is 0.00000450. The molecule has 2 unspecified atom stereocenters. The van der Waals surface area contributed by atoms with Crippen molar-refractivity contribution in [2.45, 2.75) is 40.2 Å². The monoisotopic (exact) mass is 538 g/mol. The van der Waals surface area contributed by atoms with Crippen molar-refractivity contribution in [3.05, 3.63) is 0 Å². The molecule has 0 saturated carbocycles. The van der Waals surface area contributed by atoms with Gasteiger partial charge >= 0.3 is 0 Å². The second kappa shape index (κ2) is 15.6. The zero-order valence-corrected chi connectivity index (χ0v) is 22.4. The van der Waals surface area contributed by atoms with Crippen LogP contribution >= 0.6 is 24.0 Å². The first-order chi connectivity index (χ1) is 14.0. The first-order valence-corrected chi connectivity index (χ1v) is 11.7. The second-order valence-corrected chi connectivity index (χ2v) is 9.11. The highest BCUT2D eigenvalue weighted by molar-refractivity contribution is 14.0. The van der Waals surface area contributed by atoms with Gasteiger partial charge in [-0.1, -0.05) is 27.7 Å². The number of guanidine groups is 1. The van der Waals surface area contributed by atoms with E-state index >= 15 is 0 Å². The molecule has 2 N–H and O–H groups in total. The number of morpholine rings is 1. The van der Waals surface area contributed by atoms with E-state index in [1.807, 2.05) is 7.05 Å². The lowest BCUT2D eigenvalue weighted by Crippen LogP contribution is -2.52. The summed E-state index contributed by atoms with van der Waals surface area (Å²) >= 11 is 0. The number of nitrogens with one attached hydrogen (secondary N) is 2. The Labute approximate surface area is 202 Å². The summed E-state index contributed by atoms with van der Waals surface area (Å²) in [7, 11) is 1.87. The molecule has 0 aromatic rings. The summed E-state index contributed by atoms with van der Waals surface area (Å²) in [6.07, 6.45) is 1.20. The van der Waals surface area contributed by atoms with Crippen molar-refractivity contribution in [2.24, 2.45) is 16.8 Å². The van der Waals surface area contributed by atoms with Gasteiger partial charge in [0.1, 0.15) is 0 Å². The van der Waals surface area contributed by atoms with Crippen molar-refractivity contribution in [2.75, 3.05) is 85.7 Å². The molecule has 2 aliphatic rings. The Hall–Kier alpha value is -0.160. The van der Waals surface area contributed by atoms with Gasteiger partial charge in [0.2, 0.25) is 0 Å². The van der Waals surface area contributed by atoms with E-state index in [1.54, 1.807) is 0 Å². The molecule has 30 heavy (non-hydrogen) atoms. The molecule has 2 rings (SSSR count). The minimum Gasteiger partial charge on any atom is -0.379 e. The van der Waals surface area contributed by atoms with E-state index in [1.165, 1.54) is 39.1 Å². The van der Waals surface area contributed by atoms with Gasteiger partial charge in [-0.05, 0) is 24.8 Å². The first-order valence-electron chi connectivity index (χ1n) is 11.7. The Kier molecular flexibility index (Phi) is 14.5. The summed E-state index contributed by atoms with van der Waals surface area (Å²) in [5.74, 6) is 2.22. The van der Waals surface area contributed by atoms with Crippen LogP contribution in [0, 0.1) is 11.8 Å². The second-order valence-electron chi connectivity index (χ2n) is 9.11. The third-order valence-corrected chi connectivity index (χ3v) is 6.13. The van der Waals surface area contributed by atoms with Crippen LogP contribution in [-0.2, 0) is 4.74 Å². The molecule has 0 aliphatic carbocycles. The zero-order valence-electron chi connectivity index (χ0n) is 20.0. The maximum atomic E-state index is 5.54. The molecule has 2 fully saturated rings. The predicted octanol–water partition coefficient (Wildman–Crippen LogP) is 1.79. The molecule has 7 nitrogen and oxygen atoms in total. The number of ether oxygens (including phenoxy) is 1. The summed E-state index contributed by atoms with van der Waals surface area (Å²) in [6.45, 7) is 22.0. The minimum absolute atomic E-state index is 0.